The molecule has 0 aliphatic carbocycles. The topological polar surface area (TPSA) is 67.9 Å². The van der Waals surface area contributed by atoms with Crippen LogP contribution in [0.25, 0.3) is 0 Å². The van der Waals surface area contributed by atoms with Gasteiger partial charge < -0.3 is 14.8 Å². The Labute approximate surface area is 142 Å². The number of anilines is 1. The monoisotopic (exact) mass is 332 g/mol. The fourth-order valence-electron chi connectivity index (χ4n) is 2.99. The number of amides is 2. The van der Waals surface area contributed by atoms with E-state index in [1.807, 2.05) is 24.3 Å². The van der Waals surface area contributed by atoms with Crippen molar-refractivity contribution in [1.29, 1.82) is 0 Å². The summed E-state index contributed by atoms with van der Waals surface area (Å²) in [7, 11) is 0. The maximum atomic E-state index is 12.1. The van der Waals surface area contributed by atoms with Crippen molar-refractivity contribution < 1.29 is 19.1 Å². The molecule has 2 fully saturated rings. The minimum absolute atomic E-state index is 0.122. The van der Waals surface area contributed by atoms with E-state index in [9.17, 15) is 9.59 Å². The lowest BCUT2D eigenvalue weighted by atomic mass is 10.0. The molecule has 0 spiro atoms. The van der Waals surface area contributed by atoms with Crippen LogP contribution in [0, 0.1) is 0 Å². The van der Waals surface area contributed by atoms with Gasteiger partial charge >= 0.3 is 6.09 Å². The first-order chi connectivity index (χ1) is 11.5. The molecular weight excluding hydrogens is 308 g/mol. The molecule has 1 N–H and O–H groups in total. The lowest BCUT2D eigenvalue weighted by Gasteiger charge is -2.15. The Hall–Kier alpha value is -2.08. The molecule has 0 bridgehead atoms. The maximum absolute atomic E-state index is 12.1. The van der Waals surface area contributed by atoms with E-state index in [4.69, 9.17) is 9.47 Å². The summed E-state index contributed by atoms with van der Waals surface area (Å²) in [6.45, 7) is 5.64. The van der Waals surface area contributed by atoms with Crippen LogP contribution in [-0.2, 0) is 14.3 Å². The number of ether oxygens (including phenoxy) is 2. The van der Waals surface area contributed by atoms with Crippen molar-refractivity contribution in [3.8, 4) is 0 Å². The van der Waals surface area contributed by atoms with Crippen LogP contribution in [0.15, 0.2) is 24.3 Å². The first-order valence-corrected chi connectivity index (χ1v) is 8.52. The van der Waals surface area contributed by atoms with Gasteiger partial charge in [-0.3, -0.25) is 9.69 Å². The smallest absolute Gasteiger partial charge is 0.414 e. The van der Waals surface area contributed by atoms with Crippen LogP contribution in [0.1, 0.15) is 38.2 Å². The van der Waals surface area contributed by atoms with E-state index in [-0.39, 0.29) is 24.2 Å². The zero-order chi connectivity index (χ0) is 17.1. The predicted octanol–water partition coefficient (Wildman–Crippen LogP) is 2.43. The quantitative estimate of drug-likeness (QED) is 0.899. The number of nitrogens with zero attached hydrogens (tertiary/aromatic N) is 1. The standard InChI is InChI=1S/C18H24N2O4/c1-12(2)13-5-7-14(8-6-13)20-11-15(24-18(20)22)10-19-17(21)16-4-3-9-23-16/h5-8,12,15-16H,3-4,9-11H2,1-2H3,(H,19,21). The average molecular weight is 332 g/mol. The van der Waals surface area contributed by atoms with Crippen LogP contribution in [0.2, 0.25) is 0 Å². The zero-order valence-corrected chi connectivity index (χ0v) is 14.2. The van der Waals surface area contributed by atoms with Crippen LogP contribution < -0.4 is 10.2 Å². The second-order valence-corrected chi connectivity index (χ2v) is 6.61. The molecule has 1 aromatic carbocycles. The molecule has 6 nitrogen and oxygen atoms in total. The fraction of sp³-hybridized carbons (Fsp3) is 0.556. The summed E-state index contributed by atoms with van der Waals surface area (Å²) in [6.07, 6.45) is 0.597. The summed E-state index contributed by atoms with van der Waals surface area (Å²) in [5, 5.41) is 2.82. The van der Waals surface area contributed by atoms with Crippen LogP contribution in [0.4, 0.5) is 10.5 Å². The van der Waals surface area contributed by atoms with E-state index in [1.165, 1.54) is 5.56 Å². The number of nitrogens with one attached hydrogen (secondary N) is 1. The Bertz CT molecular complexity index is 594. The Kier molecular flexibility index (Phi) is 5.04. The number of benzene rings is 1. The molecule has 2 saturated heterocycles. The zero-order valence-electron chi connectivity index (χ0n) is 14.2. The molecule has 24 heavy (non-hydrogen) atoms. The van der Waals surface area contributed by atoms with Gasteiger partial charge in [0.25, 0.3) is 0 Å². The first kappa shape index (κ1) is 16.8. The molecular formula is C18H24N2O4. The van der Waals surface area contributed by atoms with Crippen LogP contribution in [0.3, 0.4) is 0 Å². The second-order valence-electron chi connectivity index (χ2n) is 6.61. The number of rotatable bonds is 5. The Balaban J connectivity index is 1.54. The van der Waals surface area contributed by atoms with Gasteiger partial charge in [0.1, 0.15) is 12.2 Å². The summed E-state index contributed by atoms with van der Waals surface area (Å²) in [5.74, 6) is 0.327. The number of carbonyl (C=O) groups excluding carboxylic acids is 2. The van der Waals surface area contributed by atoms with Crippen LogP contribution in [-0.4, -0.2) is 43.9 Å². The average Bonchev–Trinajstić information content (AvgIpc) is 3.22. The van der Waals surface area contributed by atoms with E-state index in [1.54, 1.807) is 4.90 Å². The van der Waals surface area contributed by atoms with Gasteiger partial charge in [-0.1, -0.05) is 26.0 Å². The molecule has 2 aliphatic heterocycles. The van der Waals surface area contributed by atoms with Gasteiger partial charge in [-0.25, -0.2) is 4.79 Å². The highest BCUT2D eigenvalue weighted by Crippen LogP contribution is 2.24. The summed E-state index contributed by atoms with van der Waals surface area (Å²) >= 11 is 0. The van der Waals surface area contributed by atoms with Crippen LogP contribution >= 0.6 is 0 Å². The van der Waals surface area contributed by atoms with Crippen molar-refractivity contribution in [2.45, 2.75) is 44.8 Å². The predicted molar refractivity (Wildman–Crippen MR) is 90.1 cm³/mol. The molecule has 2 unspecified atom stereocenters. The van der Waals surface area contributed by atoms with Crippen molar-refractivity contribution in [3.05, 3.63) is 29.8 Å². The molecule has 0 radical (unpaired) electrons. The highest BCUT2D eigenvalue weighted by molar-refractivity contribution is 5.90. The van der Waals surface area contributed by atoms with E-state index in [0.717, 1.165) is 18.5 Å². The van der Waals surface area contributed by atoms with Gasteiger partial charge in [0.2, 0.25) is 5.91 Å². The fourth-order valence-corrected chi connectivity index (χ4v) is 2.99. The molecule has 2 heterocycles. The van der Waals surface area contributed by atoms with Gasteiger partial charge in [0.15, 0.2) is 0 Å². The lowest BCUT2D eigenvalue weighted by molar-refractivity contribution is -0.130. The van der Waals surface area contributed by atoms with Crippen LogP contribution in [0.5, 0.6) is 0 Å². The minimum Gasteiger partial charge on any atom is -0.442 e. The van der Waals surface area contributed by atoms with Crippen molar-refractivity contribution in [1.82, 2.24) is 5.32 Å². The summed E-state index contributed by atoms with van der Waals surface area (Å²) in [5.41, 5.74) is 2.05. The third kappa shape index (κ3) is 3.70. The molecule has 2 amide bonds. The Morgan fingerprint density at radius 3 is 2.71 bits per heavy atom. The van der Waals surface area contributed by atoms with E-state index in [2.05, 4.69) is 19.2 Å². The highest BCUT2D eigenvalue weighted by atomic mass is 16.6. The van der Waals surface area contributed by atoms with Gasteiger partial charge in [-0.05, 0) is 36.5 Å². The van der Waals surface area contributed by atoms with Gasteiger partial charge in [0.05, 0.1) is 13.1 Å². The van der Waals surface area contributed by atoms with Gasteiger partial charge in [-0.15, -0.1) is 0 Å². The van der Waals surface area contributed by atoms with Crippen molar-refractivity contribution >= 4 is 17.7 Å². The first-order valence-electron chi connectivity index (χ1n) is 8.52. The Morgan fingerprint density at radius 1 is 1.33 bits per heavy atom. The number of carbonyl (C=O) groups is 2. The molecule has 2 atom stereocenters. The van der Waals surface area contributed by atoms with Gasteiger partial charge in [-0.2, -0.15) is 0 Å². The largest absolute Gasteiger partial charge is 0.442 e. The molecule has 130 valence electrons. The maximum Gasteiger partial charge on any atom is 0.414 e. The molecule has 1 aromatic rings. The van der Waals surface area contributed by atoms with E-state index < -0.39 is 0 Å². The number of hydrogen-bond acceptors (Lipinski definition) is 4. The van der Waals surface area contributed by atoms with Gasteiger partial charge in [0, 0.05) is 12.3 Å². The summed E-state index contributed by atoms with van der Waals surface area (Å²) < 4.78 is 10.7. The lowest BCUT2D eigenvalue weighted by Crippen LogP contribution is -2.40. The number of cyclic esters (lactones) is 1. The third-order valence-electron chi connectivity index (χ3n) is 4.47. The highest BCUT2D eigenvalue weighted by Gasteiger charge is 2.33. The summed E-state index contributed by atoms with van der Waals surface area (Å²) in [6, 6.07) is 7.92. The van der Waals surface area contributed by atoms with E-state index in [0.29, 0.717) is 25.6 Å². The van der Waals surface area contributed by atoms with Crippen molar-refractivity contribution in [3.63, 3.8) is 0 Å². The number of hydrogen-bond donors (Lipinski definition) is 1. The SMILES string of the molecule is CC(C)c1ccc(N2CC(CNC(=O)C3CCCO3)OC2=O)cc1. The van der Waals surface area contributed by atoms with E-state index >= 15 is 0 Å². The summed E-state index contributed by atoms with van der Waals surface area (Å²) in [4.78, 5) is 25.6. The Morgan fingerprint density at radius 2 is 2.08 bits per heavy atom. The molecule has 0 aromatic heterocycles. The van der Waals surface area contributed by atoms with Crippen molar-refractivity contribution in [2.75, 3.05) is 24.6 Å². The molecule has 0 saturated carbocycles. The van der Waals surface area contributed by atoms with Crippen molar-refractivity contribution in [2.24, 2.45) is 0 Å². The third-order valence-corrected chi connectivity index (χ3v) is 4.47. The second kappa shape index (κ2) is 7.21. The minimum atomic E-state index is -0.372. The molecule has 2 aliphatic rings. The molecule has 3 rings (SSSR count). The normalized spacial score (nSPS) is 23.6. The molecule has 6 heteroatoms.